The van der Waals surface area contributed by atoms with Gasteiger partial charge in [0.2, 0.25) is 0 Å². The molecule has 0 spiro atoms. The SMILES string of the molecule is Cc1cc(C)c(C)c(CCNCCl)c1C. The molecule has 0 heterocycles. The van der Waals surface area contributed by atoms with Gasteiger partial charge in [0.1, 0.15) is 0 Å². The average molecular weight is 226 g/mol. The van der Waals surface area contributed by atoms with E-state index in [2.05, 4.69) is 39.1 Å². The average Bonchev–Trinajstić information content (AvgIpc) is 2.20. The second kappa shape index (κ2) is 5.53. The summed E-state index contributed by atoms with van der Waals surface area (Å²) in [5.74, 6) is 0. The third kappa shape index (κ3) is 2.96. The first-order valence-corrected chi connectivity index (χ1v) is 5.94. The van der Waals surface area contributed by atoms with Crippen molar-refractivity contribution in [1.29, 1.82) is 0 Å². The summed E-state index contributed by atoms with van der Waals surface area (Å²) >= 11 is 5.60. The summed E-state index contributed by atoms with van der Waals surface area (Å²) in [6.07, 6.45) is 1.06. The van der Waals surface area contributed by atoms with E-state index < -0.39 is 0 Å². The van der Waals surface area contributed by atoms with Crippen molar-refractivity contribution in [2.75, 3.05) is 12.5 Å². The predicted molar refractivity (Wildman–Crippen MR) is 67.8 cm³/mol. The van der Waals surface area contributed by atoms with Crippen LogP contribution in [0.4, 0.5) is 0 Å². The molecule has 0 amide bonds. The second-order valence-corrected chi connectivity index (χ2v) is 4.39. The molecule has 0 unspecified atom stereocenters. The summed E-state index contributed by atoms with van der Waals surface area (Å²) in [6, 6.07) is 2.80. The van der Waals surface area contributed by atoms with Crippen LogP contribution in [0, 0.1) is 27.7 Å². The monoisotopic (exact) mass is 225 g/mol. The summed E-state index contributed by atoms with van der Waals surface area (Å²) in [4.78, 5) is 0. The lowest BCUT2D eigenvalue weighted by Crippen LogP contribution is -2.16. The van der Waals surface area contributed by atoms with E-state index in [4.69, 9.17) is 11.6 Å². The Hall–Kier alpha value is -0.530. The highest BCUT2D eigenvalue weighted by Gasteiger charge is 2.07. The zero-order valence-corrected chi connectivity index (χ0v) is 10.8. The Kier molecular flexibility index (Phi) is 4.62. The van der Waals surface area contributed by atoms with Crippen LogP contribution < -0.4 is 5.32 Å². The van der Waals surface area contributed by atoms with E-state index in [0.717, 1.165) is 13.0 Å². The van der Waals surface area contributed by atoms with Crippen molar-refractivity contribution in [3.63, 3.8) is 0 Å². The van der Waals surface area contributed by atoms with Crippen LogP contribution in [0.25, 0.3) is 0 Å². The minimum absolute atomic E-state index is 0.531. The fraction of sp³-hybridized carbons (Fsp3) is 0.538. The first kappa shape index (κ1) is 12.5. The van der Waals surface area contributed by atoms with Crippen molar-refractivity contribution in [2.45, 2.75) is 34.1 Å². The van der Waals surface area contributed by atoms with Gasteiger partial charge in [-0.05, 0) is 61.9 Å². The number of nitrogens with one attached hydrogen (secondary N) is 1. The molecule has 0 aliphatic carbocycles. The molecule has 1 nitrogen and oxygen atoms in total. The molecule has 0 radical (unpaired) electrons. The second-order valence-electron chi connectivity index (χ2n) is 4.12. The van der Waals surface area contributed by atoms with Gasteiger partial charge in [0.05, 0.1) is 6.00 Å². The Morgan fingerprint density at radius 2 is 1.60 bits per heavy atom. The molecule has 1 N–H and O–H groups in total. The molecule has 0 bridgehead atoms. The lowest BCUT2D eigenvalue weighted by atomic mass is 9.92. The molecule has 0 aliphatic heterocycles. The highest BCUT2D eigenvalue weighted by Crippen LogP contribution is 2.21. The van der Waals surface area contributed by atoms with E-state index >= 15 is 0 Å². The number of halogens is 1. The first-order chi connectivity index (χ1) is 7.07. The number of rotatable bonds is 4. The molecule has 15 heavy (non-hydrogen) atoms. The molecular formula is C13H20ClN. The topological polar surface area (TPSA) is 12.0 Å². The molecule has 1 aromatic rings. The summed E-state index contributed by atoms with van der Waals surface area (Å²) in [5.41, 5.74) is 7.10. The highest BCUT2D eigenvalue weighted by molar-refractivity contribution is 6.17. The van der Waals surface area contributed by atoms with Gasteiger partial charge in [0, 0.05) is 6.54 Å². The van der Waals surface area contributed by atoms with Crippen LogP contribution >= 0.6 is 11.6 Å². The van der Waals surface area contributed by atoms with Gasteiger partial charge < -0.3 is 5.32 Å². The van der Waals surface area contributed by atoms with Crippen LogP contribution in [0.2, 0.25) is 0 Å². The van der Waals surface area contributed by atoms with E-state index in [-0.39, 0.29) is 0 Å². The quantitative estimate of drug-likeness (QED) is 0.471. The van der Waals surface area contributed by atoms with Gasteiger partial charge in [0.15, 0.2) is 0 Å². The van der Waals surface area contributed by atoms with E-state index in [9.17, 15) is 0 Å². The fourth-order valence-corrected chi connectivity index (χ4v) is 2.09. The molecule has 1 rings (SSSR count). The van der Waals surface area contributed by atoms with E-state index in [1.807, 2.05) is 0 Å². The maximum atomic E-state index is 5.60. The minimum atomic E-state index is 0.531. The van der Waals surface area contributed by atoms with Crippen molar-refractivity contribution in [1.82, 2.24) is 5.32 Å². The van der Waals surface area contributed by atoms with Gasteiger partial charge in [-0.1, -0.05) is 6.07 Å². The molecule has 0 fully saturated rings. The lowest BCUT2D eigenvalue weighted by Gasteiger charge is -2.15. The number of hydrogen-bond acceptors (Lipinski definition) is 1. The van der Waals surface area contributed by atoms with Crippen molar-refractivity contribution >= 4 is 11.6 Å². The van der Waals surface area contributed by atoms with Crippen molar-refractivity contribution in [3.05, 3.63) is 33.9 Å². The van der Waals surface area contributed by atoms with Gasteiger partial charge >= 0.3 is 0 Å². The maximum Gasteiger partial charge on any atom is 0.0713 e. The van der Waals surface area contributed by atoms with Crippen LogP contribution in [-0.2, 0) is 6.42 Å². The number of benzene rings is 1. The minimum Gasteiger partial charge on any atom is -0.304 e. The zero-order chi connectivity index (χ0) is 11.4. The molecule has 0 aromatic heterocycles. The number of aryl methyl sites for hydroxylation is 2. The predicted octanol–water partition coefficient (Wildman–Crippen LogP) is 3.25. The van der Waals surface area contributed by atoms with Crippen molar-refractivity contribution < 1.29 is 0 Å². The molecule has 84 valence electrons. The lowest BCUT2D eigenvalue weighted by molar-refractivity contribution is 0.763. The zero-order valence-electron chi connectivity index (χ0n) is 10.1. The molecule has 1 aromatic carbocycles. The third-order valence-corrected chi connectivity index (χ3v) is 3.36. The Morgan fingerprint density at radius 3 is 2.07 bits per heavy atom. The van der Waals surface area contributed by atoms with Crippen LogP contribution in [0.3, 0.4) is 0 Å². The standard InChI is InChI=1S/C13H20ClN/c1-9-7-10(2)12(4)13(11(9)3)5-6-15-8-14/h7,15H,5-6,8H2,1-4H3. The molecule has 0 saturated carbocycles. The number of alkyl halides is 1. The largest absolute Gasteiger partial charge is 0.304 e. The molecule has 0 aliphatic rings. The molecule has 0 saturated heterocycles. The maximum absolute atomic E-state index is 5.60. The third-order valence-electron chi connectivity index (χ3n) is 3.17. The van der Waals surface area contributed by atoms with Crippen molar-refractivity contribution in [2.24, 2.45) is 0 Å². The summed E-state index contributed by atoms with van der Waals surface area (Å²) in [6.45, 7) is 9.73. The Bertz CT molecular complexity index is 319. The van der Waals surface area contributed by atoms with Gasteiger partial charge in [-0.2, -0.15) is 0 Å². The Balaban J connectivity index is 2.94. The van der Waals surface area contributed by atoms with E-state index in [0.29, 0.717) is 6.00 Å². The van der Waals surface area contributed by atoms with Crippen LogP contribution in [0.5, 0.6) is 0 Å². The summed E-state index contributed by atoms with van der Waals surface area (Å²) in [7, 11) is 0. The van der Waals surface area contributed by atoms with Gasteiger partial charge in [-0.15, -0.1) is 11.6 Å². The normalized spacial score (nSPS) is 10.7. The smallest absolute Gasteiger partial charge is 0.0713 e. The van der Waals surface area contributed by atoms with Crippen LogP contribution in [-0.4, -0.2) is 12.5 Å². The first-order valence-electron chi connectivity index (χ1n) is 5.41. The van der Waals surface area contributed by atoms with Gasteiger partial charge in [-0.25, -0.2) is 0 Å². The van der Waals surface area contributed by atoms with Crippen LogP contribution in [0.1, 0.15) is 27.8 Å². The van der Waals surface area contributed by atoms with E-state index in [1.54, 1.807) is 0 Å². The highest BCUT2D eigenvalue weighted by atomic mass is 35.5. The van der Waals surface area contributed by atoms with Gasteiger partial charge in [0.25, 0.3) is 0 Å². The molecule has 2 heteroatoms. The molecule has 0 atom stereocenters. The Labute approximate surface area is 97.8 Å². The number of hydrogen-bond donors (Lipinski definition) is 1. The summed E-state index contributed by atoms with van der Waals surface area (Å²) < 4.78 is 0. The van der Waals surface area contributed by atoms with Crippen molar-refractivity contribution in [3.8, 4) is 0 Å². The van der Waals surface area contributed by atoms with E-state index in [1.165, 1.54) is 27.8 Å². The molecular weight excluding hydrogens is 206 g/mol. The van der Waals surface area contributed by atoms with Gasteiger partial charge in [-0.3, -0.25) is 0 Å². The fourth-order valence-electron chi connectivity index (χ4n) is 1.95. The van der Waals surface area contributed by atoms with Crippen LogP contribution in [0.15, 0.2) is 6.07 Å². The summed E-state index contributed by atoms with van der Waals surface area (Å²) in [5, 5.41) is 3.16. The Morgan fingerprint density at radius 1 is 1.07 bits per heavy atom.